The lowest BCUT2D eigenvalue weighted by atomic mass is 10.2. The fourth-order valence-electron chi connectivity index (χ4n) is 1.39. The number of nitro groups is 1. The van der Waals surface area contributed by atoms with Gasteiger partial charge in [-0.3, -0.25) is 10.1 Å². The van der Waals surface area contributed by atoms with Crippen molar-refractivity contribution in [2.75, 3.05) is 0 Å². The molecule has 0 heterocycles. The van der Waals surface area contributed by atoms with Gasteiger partial charge in [0.25, 0.3) is 5.69 Å². The molecule has 2 aromatic carbocycles. The molecule has 1 radical (unpaired) electrons. The Morgan fingerprint density at radius 2 is 1.94 bits per heavy atom. The summed E-state index contributed by atoms with van der Waals surface area (Å²) in [6.07, 6.45) is 0. The summed E-state index contributed by atoms with van der Waals surface area (Å²) < 4.78 is 5.38. The van der Waals surface area contributed by atoms with Gasteiger partial charge in [0.15, 0.2) is 6.61 Å². The van der Waals surface area contributed by atoms with Crippen LogP contribution in [0.4, 0.5) is 5.69 Å². The Balaban J connectivity index is 2.06. The monoisotopic (exact) mass is 262 g/mol. The van der Waals surface area contributed by atoms with Gasteiger partial charge in [-0.15, -0.1) is 0 Å². The molecule has 0 amide bonds. The van der Waals surface area contributed by atoms with Gasteiger partial charge in [0.2, 0.25) is 0 Å². The number of rotatable bonds is 4. The third-order valence-corrected chi connectivity index (χ3v) is 2.44. The van der Waals surface area contributed by atoms with Crippen molar-refractivity contribution in [1.82, 2.24) is 0 Å². The second-order valence-corrected chi connectivity index (χ2v) is 3.98. The summed E-state index contributed by atoms with van der Waals surface area (Å²) in [6, 6.07) is 13.1. The molecule has 0 aliphatic rings. The molecular weight excluding hydrogens is 254 g/mol. The third-order valence-electron chi connectivity index (χ3n) is 2.21. The zero-order valence-corrected chi connectivity index (χ0v) is 10.0. The Hall–Kier alpha value is -2.07. The van der Waals surface area contributed by atoms with Gasteiger partial charge in [-0.2, -0.15) is 0 Å². The lowest BCUT2D eigenvalue weighted by molar-refractivity contribution is -0.384. The van der Waals surface area contributed by atoms with Crippen molar-refractivity contribution in [3.8, 4) is 5.75 Å². The molecule has 0 aliphatic carbocycles. The van der Waals surface area contributed by atoms with E-state index in [0.717, 1.165) is 0 Å². The first-order valence-corrected chi connectivity index (χ1v) is 5.53. The predicted molar refractivity (Wildman–Crippen MR) is 68.6 cm³/mol. The van der Waals surface area contributed by atoms with Crippen LogP contribution in [-0.4, -0.2) is 4.92 Å². The van der Waals surface area contributed by atoms with Crippen LogP contribution in [0.25, 0.3) is 0 Å². The van der Waals surface area contributed by atoms with E-state index >= 15 is 0 Å². The van der Waals surface area contributed by atoms with E-state index in [1.807, 2.05) is 0 Å². The number of benzene rings is 2. The SMILES string of the molecule is O=[N+]([O-])c1cccc([CH]Oc2cccc(Cl)c2)c1. The standard InChI is InChI=1S/C13H9ClNO3/c14-11-4-2-6-13(8-11)18-9-10-3-1-5-12(7-10)15(16)17/h1-9H. The first-order chi connectivity index (χ1) is 8.65. The molecule has 0 fully saturated rings. The average molecular weight is 263 g/mol. The molecule has 0 atom stereocenters. The molecule has 4 nitrogen and oxygen atoms in total. The van der Waals surface area contributed by atoms with E-state index in [1.165, 1.54) is 18.7 Å². The van der Waals surface area contributed by atoms with E-state index < -0.39 is 4.92 Å². The van der Waals surface area contributed by atoms with E-state index in [-0.39, 0.29) is 5.69 Å². The van der Waals surface area contributed by atoms with E-state index in [9.17, 15) is 10.1 Å². The fraction of sp³-hybridized carbons (Fsp3) is 0. The maximum absolute atomic E-state index is 10.6. The fourth-order valence-corrected chi connectivity index (χ4v) is 1.57. The largest absolute Gasteiger partial charge is 0.481 e. The van der Waals surface area contributed by atoms with Crippen LogP contribution in [-0.2, 0) is 0 Å². The third kappa shape index (κ3) is 3.21. The number of ether oxygens (including phenoxy) is 1. The minimum Gasteiger partial charge on any atom is -0.481 e. The van der Waals surface area contributed by atoms with Crippen LogP contribution in [0.5, 0.6) is 5.75 Å². The van der Waals surface area contributed by atoms with Crippen LogP contribution < -0.4 is 4.74 Å². The summed E-state index contributed by atoms with van der Waals surface area (Å²) in [5.74, 6) is 0.578. The Bertz CT molecular complexity index is 572. The van der Waals surface area contributed by atoms with Crippen molar-refractivity contribution in [3.05, 3.63) is 75.8 Å². The number of nitro benzene ring substituents is 1. The smallest absolute Gasteiger partial charge is 0.269 e. The molecule has 0 spiro atoms. The lowest BCUT2D eigenvalue weighted by Crippen LogP contribution is -1.94. The van der Waals surface area contributed by atoms with Crippen molar-refractivity contribution in [2.24, 2.45) is 0 Å². The summed E-state index contributed by atoms with van der Waals surface area (Å²) in [6.45, 7) is 1.44. The van der Waals surface area contributed by atoms with Crippen LogP contribution in [0.2, 0.25) is 5.02 Å². The summed E-state index contributed by atoms with van der Waals surface area (Å²) in [5, 5.41) is 11.2. The van der Waals surface area contributed by atoms with Gasteiger partial charge in [0, 0.05) is 22.7 Å². The summed E-state index contributed by atoms with van der Waals surface area (Å²) in [7, 11) is 0. The normalized spacial score (nSPS) is 10.1. The first kappa shape index (κ1) is 12.4. The zero-order chi connectivity index (χ0) is 13.0. The van der Waals surface area contributed by atoms with E-state index in [0.29, 0.717) is 16.3 Å². The molecule has 0 aliphatic heterocycles. The van der Waals surface area contributed by atoms with E-state index in [2.05, 4.69) is 0 Å². The Labute approximate surface area is 109 Å². The molecule has 0 unspecified atom stereocenters. The molecule has 5 heteroatoms. The molecule has 0 bridgehead atoms. The molecule has 2 aromatic rings. The van der Waals surface area contributed by atoms with Crippen LogP contribution >= 0.6 is 11.6 Å². The molecule has 0 saturated heterocycles. The molecule has 18 heavy (non-hydrogen) atoms. The quantitative estimate of drug-likeness (QED) is 0.621. The summed E-state index contributed by atoms with van der Waals surface area (Å²) in [5.41, 5.74) is 0.641. The first-order valence-electron chi connectivity index (χ1n) is 5.15. The van der Waals surface area contributed by atoms with Crippen molar-refractivity contribution in [3.63, 3.8) is 0 Å². The minimum atomic E-state index is -0.448. The summed E-state index contributed by atoms with van der Waals surface area (Å²) in [4.78, 5) is 10.2. The van der Waals surface area contributed by atoms with Crippen molar-refractivity contribution < 1.29 is 9.66 Å². The Morgan fingerprint density at radius 1 is 1.17 bits per heavy atom. The molecular formula is C13H9ClNO3. The average Bonchev–Trinajstić information content (AvgIpc) is 2.37. The molecule has 0 saturated carbocycles. The topological polar surface area (TPSA) is 52.4 Å². The summed E-state index contributed by atoms with van der Waals surface area (Å²) >= 11 is 5.81. The van der Waals surface area contributed by atoms with Gasteiger partial charge in [-0.25, -0.2) is 0 Å². The van der Waals surface area contributed by atoms with Gasteiger partial charge in [0.1, 0.15) is 5.75 Å². The highest BCUT2D eigenvalue weighted by Crippen LogP contribution is 2.20. The highest BCUT2D eigenvalue weighted by atomic mass is 35.5. The predicted octanol–water partition coefficient (Wildman–Crippen LogP) is 3.84. The van der Waals surface area contributed by atoms with Crippen molar-refractivity contribution >= 4 is 17.3 Å². The maximum Gasteiger partial charge on any atom is 0.269 e. The van der Waals surface area contributed by atoms with E-state index in [4.69, 9.17) is 16.3 Å². The molecule has 0 N–H and O–H groups in total. The highest BCUT2D eigenvalue weighted by molar-refractivity contribution is 6.30. The van der Waals surface area contributed by atoms with Gasteiger partial charge < -0.3 is 4.74 Å². The van der Waals surface area contributed by atoms with Gasteiger partial charge in [-0.1, -0.05) is 29.8 Å². The number of hydrogen-bond acceptors (Lipinski definition) is 3. The zero-order valence-electron chi connectivity index (χ0n) is 9.25. The lowest BCUT2D eigenvalue weighted by Gasteiger charge is -2.05. The number of nitrogens with zero attached hydrogens (tertiary/aromatic N) is 1. The number of hydrogen-bond donors (Lipinski definition) is 0. The van der Waals surface area contributed by atoms with E-state index in [1.54, 1.807) is 36.4 Å². The Morgan fingerprint density at radius 3 is 2.67 bits per heavy atom. The molecule has 91 valence electrons. The van der Waals surface area contributed by atoms with Gasteiger partial charge >= 0.3 is 0 Å². The van der Waals surface area contributed by atoms with Crippen LogP contribution in [0.3, 0.4) is 0 Å². The van der Waals surface area contributed by atoms with Gasteiger partial charge in [-0.05, 0) is 18.2 Å². The minimum absolute atomic E-state index is 0.0263. The molecule has 0 aromatic heterocycles. The number of non-ortho nitro benzene ring substituents is 1. The van der Waals surface area contributed by atoms with Gasteiger partial charge in [0.05, 0.1) is 4.92 Å². The Kier molecular flexibility index (Phi) is 3.79. The molecule has 2 rings (SSSR count). The maximum atomic E-state index is 10.6. The second-order valence-electron chi connectivity index (χ2n) is 3.55. The second kappa shape index (κ2) is 5.51. The number of halogens is 1. The van der Waals surface area contributed by atoms with Crippen LogP contribution in [0.1, 0.15) is 5.56 Å². The highest BCUT2D eigenvalue weighted by Gasteiger charge is 2.06. The van der Waals surface area contributed by atoms with Crippen LogP contribution in [0.15, 0.2) is 48.5 Å². The van der Waals surface area contributed by atoms with Crippen molar-refractivity contribution in [2.45, 2.75) is 0 Å². The van der Waals surface area contributed by atoms with Crippen LogP contribution in [0, 0.1) is 16.7 Å². The van der Waals surface area contributed by atoms with Crippen molar-refractivity contribution in [1.29, 1.82) is 0 Å².